The Balaban J connectivity index is 2.09. The van der Waals surface area contributed by atoms with Gasteiger partial charge in [0.1, 0.15) is 10.8 Å². The molecule has 0 aromatic heterocycles. The molecule has 2 aromatic rings. The molecule has 0 N–H and O–H groups in total. The summed E-state index contributed by atoms with van der Waals surface area (Å²) in [6, 6.07) is 11.6. The van der Waals surface area contributed by atoms with Gasteiger partial charge in [-0.15, -0.1) is 0 Å². The molecule has 0 aliphatic heterocycles. The van der Waals surface area contributed by atoms with Crippen LogP contribution in [0, 0.1) is 10.1 Å². The minimum atomic E-state index is -0.565. The van der Waals surface area contributed by atoms with Crippen molar-refractivity contribution in [1.82, 2.24) is 0 Å². The van der Waals surface area contributed by atoms with E-state index in [0.29, 0.717) is 11.3 Å². The molecule has 0 fully saturated rings. The van der Waals surface area contributed by atoms with Gasteiger partial charge in [-0.3, -0.25) is 14.9 Å². The first-order valence-corrected chi connectivity index (χ1v) is 7.35. The lowest BCUT2D eigenvalue weighted by atomic mass is 10.1. The molecule has 0 aliphatic carbocycles. The van der Waals surface area contributed by atoms with Crippen LogP contribution >= 0.6 is 11.6 Å². The third-order valence-electron chi connectivity index (χ3n) is 3.14. The molecular weight excluding hydrogens is 330 g/mol. The van der Waals surface area contributed by atoms with Crippen LogP contribution in [0.1, 0.15) is 11.1 Å². The van der Waals surface area contributed by atoms with E-state index >= 15 is 0 Å². The lowest BCUT2D eigenvalue weighted by Crippen LogP contribution is -1.90. The van der Waals surface area contributed by atoms with Crippen LogP contribution in [-0.2, 0) is 4.79 Å². The van der Waals surface area contributed by atoms with Crippen molar-refractivity contribution in [2.24, 2.45) is 0 Å². The molecule has 24 heavy (non-hydrogen) atoms. The van der Waals surface area contributed by atoms with Gasteiger partial charge in [0.25, 0.3) is 5.69 Å². The number of halogens is 1. The van der Waals surface area contributed by atoms with Crippen molar-refractivity contribution in [3.8, 4) is 5.75 Å². The van der Waals surface area contributed by atoms with Gasteiger partial charge in [0, 0.05) is 6.07 Å². The predicted octanol–water partition coefficient (Wildman–Crippen LogP) is 4.55. The highest BCUT2D eigenvalue weighted by atomic mass is 35.5. The first-order valence-electron chi connectivity index (χ1n) is 6.98. The average molecular weight is 344 g/mol. The van der Waals surface area contributed by atoms with Crippen LogP contribution in [0.3, 0.4) is 0 Å². The number of hydrogen-bond donors (Lipinski definition) is 0. The second-order valence-electron chi connectivity index (χ2n) is 4.81. The van der Waals surface area contributed by atoms with Crippen LogP contribution in [0.4, 0.5) is 5.69 Å². The van der Waals surface area contributed by atoms with Crippen LogP contribution < -0.4 is 4.74 Å². The largest absolute Gasteiger partial charge is 0.497 e. The second-order valence-corrected chi connectivity index (χ2v) is 5.22. The molecule has 0 heterocycles. The third kappa shape index (κ3) is 4.79. The molecule has 0 bridgehead atoms. The zero-order valence-electron chi connectivity index (χ0n) is 12.8. The van der Waals surface area contributed by atoms with E-state index in [1.165, 1.54) is 30.4 Å². The fraction of sp³-hybridized carbons (Fsp3) is 0.0556. The normalized spacial score (nSPS) is 11.1. The molecule has 0 amide bonds. The smallest absolute Gasteiger partial charge is 0.288 e. The summed E-state index contributed by atoms with van der Waals surface area (Å²) in [5.41, 5.74) is 1.16. The summed E-state index contributed by atoms with van der Waals surface area (Å²) in [5.74, 6) is 0.462. The standard InChI is InChI=1S/C18H14ClNO4/c1-24-16-4-2-3-13(11-16)5-8-15(21)9-6-14-7-10-17(19)18(12-14)20(22)23/h2-12H,1H3/b8-5+,9-6+. The van der Waals surface area contributed by atoms with E-state index in [4.69, 9.17) is 16.3 Å². The van der Waals surface area contributed by atoms with Crippen LogP contribution in [0.25, 0.3) is 12.2 Å². The molecule has 2 aromatic carbocycles. The SMILES string of the molecule is COc1cccc(/C=C/C(=O)/C=C/c2ccc(Cl)c([N+](=O)[O-])c2)c1. The number of benzene rings is 2. The van der Waals surface area contributed by atoms with Crippen LogP contribution in [0.5, 0.6) is 5.75 Å². The van der Waals surface area contributed by atoms with Gasteiger partial charge in [0.05, 0.1) is 12.0 Å². The lowest BCUT2D eigenvalue weighted by molar-refractivity contribution is -0.384. The van der Waals surface area contributed by atoms with E-state index in [-0.39, 0.29) is 16.5 Å². The molecule has 5 nitrogen and oxygen atoms in total. The van der Waals surface area contributed by atoms with Gasteiger partial charge in [-0.05, 0) is 41.5 Å². The number of allylic oxidation sites excluding steroid dienone is 2. The number of nitro groups is 1. The zero-order chi connectivity index (χ0) is 17.5. The quantitative estimate of drug-likeness (QED) is 0.438. The summed E-state index contributed by atoms with van der Waals surface area (Å²) < 4.78 is 5.11. The number of rotatable bonds is 6. The zero-order valence-corrected chi connectivity index (χ0v) is 13.6. The topological polar surface area (TPSA) is 69.4 Å². The van der Waals surface area contributed by atoms with Gasteiger partial charge < -0.3 is 4.74 Å². The van der Waals surface area contributed by atoms with E-state index in [1.807, 2.05) is 18.2 Å². The molecular formula is C18H14ClNO4. The Labute approximate surface area is 144 Å². The van der Waals surface area contributed by atoms with Gasteiger partial charge in [-0.2, -0.15) is 0 Å². The molecule has 2 rings (SSSR count). The number of nitrogens with zero attached hydrogens (tertiary/aromatic N) is 1. The maximum absolute atomic E-state index is 11.9. The van der Waals surface area contributed by atoms with Crippen molar-refractivity contribution in [1.29, 1.82) is 0 Å². The first-order chi connectivity index (χ1) is 11.5. The summed E-state index contributed by atoms with van der Waals surface area (Å²) in [7, 11) is 1.57. The number of methoxy groups -OCH3 is 1. The molecule has 0 atom stereocenters. The molecule has 0 saturated heterocycles. The van der Waals surface area contributed by atoms with Crippen molar-refractivity contribution in [3.63, 3.8) is 0 Å². The Morgan fingerprint density at radius 2 is 1.79 bits per heavy atom. The highest BCUT2D eigenvalue weighted by molar-refractivity contribution is 6.32. The van der Waals surface area contributed by atoms with Crippen LogP contribution in [0.15, 0.2) is 54.6 Å². The van der Waals surface area contributed by atoms with E-state index in [0.717, 1.165) is 5.56 Å². The van der Waals surface area contributed by atoms with E-state index in [1.54, 1.807) is 25.3 Å². The van der Waals surface area contributed by atoms with Crippen LogP contribution in [0.2, 0.25) is 5.02 Å². The van der Waals surface area contributed by atoms with Gasteiger partial charge in [-0.1, -0.05) is 42.0 Å². The van der Waals surface area contributed by atoms with E-state index < -0.39 is 4.92 Å². The van der Waals surface area contributed by atoms with Crippen molar-refractivity contribution in [2.45, 2.75) is 0 Å². The van der Waals surface area contributed by atoms with Crippen molar-refractivity contribution in [2.75, 3.05) is 7.11 Å². The van der Waals surface area contributed by atoms with Gasteiger partial charge in [0.15, 0.2) is 5.78 Å². The first kappa shape index (κ1) is 17.4. The third-order valence-corrected chi connectivity index (χ3v) is 3.46. The van der Waals surface area contributed by atoms with Crippen molar-refractivity contribution in [3.05, 3.63) is 80.9 Å². The van der Waals surface area contributed by atoms with Gasteiger partial charge in [0.2, 0.25) is 0 Å². The highest BCUT2D eigenvalue weighted by Gasteiger charge is 2.11. The number of carbonyl (C=O) groups excluding carboxylic acids is 1. The summed E-state index contributed by atoms with van der Waals surface area (Å²) in [6.45, 7) is 0. The minimum absolute atomic E-state index is 0.0568. The van der Waals surface area contributed by atoms with Crippen LogP contribution in [-0.4, -0.2) is 17.8 Å². The molecule has 0 radical (unpaired) electrons. The Morgan fingerprint density at radius 1 is 1.12 bits per heavy atom. The second kappa shape index (κ2) is 8.08. The molecule has 6 heteroatoms. The maximum Gasteiger partial charge on any atom is 0.288 e. The lowest BCUT2D eigenvalue weighted by Gasteiger charge is -1.99. The van der Waals surface area contributed by atoms with Crippen molar-refractivity contribution < 1.29 is 14.5 Å². The summed E-state index contributed by atoms with van der Waals surface area (Å²) >= 11 is 5.74. The summed E-state index contributed by atoms with van der Waals surface area (Å²) in [5, 5.41) is 10.9. The number of ketones is 1. The molecule has 0 aliphatic rings. The monoisotopic (exact) mass is 343 g/mol. The fourth-order valence-electron chi connectivity index (χ4n) is 1.93. The number of carbonyl (C=O) groups is 1. The fourth-order valence-corrected chi connectivity index (χ4v) is 2.12. The van der Waals surface area contributed by atoms with Crippen molar-refractivity contribution >= 4 is 35.2 Å². The maximum atomic E-state index is 11.9. The molecule has 0 unspecified atom stereocenters. The van der Waals surface area contributed by atoms with E-state index in [9.17, 15) is 14.9 Å². The minimum Gasteiger partial charge on any atom is -0.497 e. The highest BCUT2D eigenvalue weighted by Crippen LogP contribution is 2.25. The Bertz CT molecular complexity index is 828. The molecule has 0 saturated carbocycles. The Kier molecular flexibility index (Phi) is 5.87. The van der Waals surface area contributed by atoms with Gasteiger partial charge >= 0.3 is 0 Å². The Hall–Kier alpha value is -2.92. The summed E-state index contributed by atoms with van der Waals surface area (Å²) in [4.78, 5) is 22.1. The molecule has 0 spiro atoms. The number of ether oxygens (including phenoxy) is 1. The molecule has 122 valence electrons. The number of nitro benzene ring substituents is 1. The van der Waals surface area contributed by atoms with Gasteiger partial charge in [-0.25, -0.2) is 0 Å². The van der Waals surface area contributed by atoms with E-state index in [2.05, 4.69) is 0 Å². The predicted molar refractivity (Wildman–Crippen MR) is 94.2 cm³/mol. The Morgan fingerprint density at radius 3 is 2.42 bits per heavy atom. The number of hydrogen-bond acceptors (Lipinski definition) is 4. The average Bonchev–Trinajstić information content (AvgIpc) is 2.59. The summed E-state index contributed by atoms with van der Waals surface area (Å²) in [6.07, 6.45) is 5.92.